The molecule has 0 aromatic heterocycles. The molecular weight excluding hydrogens is 234 g/mol. The van der Waals surface area contributed by atoms with E-state index in [4.69, 9.17) is 11.6 Å². The van der Waals surface area contributed by atoms with E-state index in [1.54, 1.807) is 0 Å². The summed E-state index contributed by atoms with van der Waals surface area (Å²) in [4.78, 5) is 14.1. The molecule has 0 saturated heterocycles. The van der Waals surface area contributed by atoms with Crippen molar-refractivity contribution in [2.45, 2.75) is 32.6 Å². The van der Waals surface area contributed by atoms with E-state index in [0.717, 1.165) is 37.1 Å². The molecule has 3 heteroatoms. The van der Waals surface area contributed by atoms with Crippen LogP contribution < -0.4 is 0 Å². The predicted octanol–water partition coefficient (Wildman–Crippen LogP) is 3.69. The highest BCUT2D eigenvalue weighted by atomic mass is 35.5. The van der Waals surface area contributed by atoms with Gasteiger partial charge in [0.2, 0.25) is 0 Å². The summed E-state index contributed by atoms with van der Waals surface area (Å²) in [5, 5.41) is 0. The maximum Gasteiger partial charge on any atom is 0.253 e. The molecule has 1 aromatic carbocycles. The summed E-state index contributed by atoms with van der Waals surface area (Å²) in [5.74, 6) is 0.551. The van der Waals surface area contributed by atoms with Crippen LogP contribution in [0.1, 0.15) is 42.6 Å². The van der Waals surface area contributed by atoms with Crippen LogP contribution in [-0.2, 0) is 5.88 Å². The Balaban J connectivity index is 2.78. The number of halogens is 1. The van der Waals surface area contributed by atoms with Crippen LogP contribution in [0.4, 0.5) is 0 Å². The summed E-state index contributed by atoms with van der Waals surface area (Å²) in [6, 6.07) is 7.56. The zero-order valence-corrected chi connectivity index (χ0v) is 11.3. The van der Waals surface area contributed by atoms with E-state index in [2.05, 4.69) is 6.92 Å². The number of benzene rings is 1. The maximum atomic E-state index is 12.2. The van der Waals surface area contributed by atoms with Crippen molar-refractivity contribution in [3.63, 3.8) is 0 Å². The molecule has 17 heavy (non-hydrogen) atoms. The fourth-order valence-electron chi connectivity index (χ4n) is 1.72. The van der Waals surface area contributed by atoms with Crippen molar-refractivity contribution >= 4 is 17.5 Å². The van der Waals surface area contributed by atoms with Gasteiger partial charge in [-0.15, -0.1) is 11.6 Å². The van der Waals surface area contributed by atoms with Gasteiger partial charge in [0.25, 0.3) is 5.91 Å². The minimum absolute atomic E-state index is 0.105. The number of rotatable bonds is 6. The van der Waals surface area contributed by atoms with E-state index < -0.39 is 0 Å². The topological polar surface area (TPSA) is 20.3 Å². The molecule has 1 aromatic rings. The first kappa shape index (κ1) is 14.0. The molecule has 0 bridgehead atoms. The van der Waals surface area contributed by atoms with Crippen molar-refractivity contribution in [1.29, 1.82) is 0 Å². The fourth-order valence-corrected chi connectivity index (χ4v) is 1.89. The minimum Gasteiger partial charge on any atom is -0.339 e. The van der Waals surface area contributed by atoms with Crippen LogP contribution in [0.25, 0.3) is 0 Å². The summed E-state index contributed by atoms with van der Waals surface area (Å²) in [7, 11) is 0. The van der Waals surface area contributed by atoms with E-state index in [1.807, 2.05) is 36.1 Å². The second kappa shape index (κ2) is 7.33. The van der Waals surface area contributed by atoms with E-state index in [9.17, 15) is 4.79 Å². The number of hydrogen-bond donors (Lipinski definition) is 0. The SMILES string of the molecule is CCCCN(CC)C(=O)c1cccc(CCl)c1. The zero-order valence-electron chi connectivity index (χ0n) is 10.6. The number of nitrogens with zero attached hydrogens (tertiary/aromatic N) is 1. The van der Waals surface area contributed by atoms with Crippen molar-refractivity contribution in [3.05, 3.63) is 35.4 Å². The lowest BCUT2D eigenvalue weighted by molar-refractivity contribution is 0.0762. The summed E-state index contributed by atoms with van der Waals surface area (Å²) in [5.41, 5.74) is 1.73. The van der Waals surface area contributed by atoms with Gasteiger partial charge in [0.1, 0.15) is 0 Å². The summed E-state index contributed by atoms with van der Waals surface area (Å²) >= 11 is 5.78. The third-order valence-electron chi connectivity index (χ3n) is 2.78. The standard InChI is InChI=1S/C14H20ClNO/c1-3-5-9-16(4-2)14(17)13-8-6-7-12(10-13)11-15/h6-8,10H,3-5,9,11H2,1-2H3. The van der Waals surface area contributed by atoms with Crippen LogP contribution in [0.5, 0.6) is 0 Å². The number of hydrogen-bond acceptors (Lipinski definition) is 1. The molecule has 0 atom stereocenters. The zero-order chi connectivity index (χ0) is 12.7. The van der Waals surface area contributed by atoms with Gasteiger partial charge in [0.15, 0.2) is 0 Å². The van der Waals surface area contributed by atoms with Crippen molar-refractivity contribution in [2.24, 2.45) is 0 Å². The molecule has 0 saturated carbocycles. The van der Waals surface area contributed by atoms with Gasteiger partial charge in [-0.2, -0.15) is 0 Å². The molecule has 0 aliphatic heterocycles. The number of carbonyl (C=O) groups excluding carboxylic acids is 1. The van der Waals surface area contributed by atoms with Gasteiger partial charge >= 0.3 is 0 Å². The molecule has 0 N–H and O–H groups in total. The van der Waals surface area contributed by atoms with Gasteiger partial charge in [0.05, 0.1) is 0 Å². The fraction of sp³-hybridized carbons (Fsp3) is 0.500. The van der Waals surface area contributed by atoms with Gasteiger partial charge in [0, 0.05) is 24.5 Å². The first-order valence-electron chi connectivity index (χ1n) is 6.17. The predicted molar refractivity (Wildman–Crippen MR) is 72.5 cm³/mol. The lowest BCUT2D eigenvalue weighted by atomic mass is 10.1. The second-order valence-corrected chi connectivity index (χ2v) is 4.34. The summed E-state index contributed by atoms with van der Waals surface area (Å²) in [6.07, 6.45) is 2.15. The Kier molecular flexibility index (Phi) is 6.06. The van der Waals surface area contributed by atoms with Crippen LogP contribution >= 0.6 is 11.6 Å². The van der Waals surface area contributed by atoms with Crippen LogP contribution in [-0.4, -0.2) is 23.9 Å². The average Bonchev–Trinajstić information content (AvgIpc) is 2.39. The smallest absolute Gasteiger partial charge is 0.253 e. The molecular formula is C14H20ClNO. The third-order valence-corrected chi connectivity index (χ3v) is 3.09. The van der Waals surface area contributed by atoms with E-state index >= 15 is 0 Å². The number of amides is 1. The Morgan fingerprint density at radius 2 is 2.12 bits per heavy atom. The number of carbonyl (C=O) groups is 1. The highest BCUT2D eigenvalue weighted by Crippen LogP contribution is 2.11. The van der Waals surface area contributed by atoms with E-state index in [-0.39, 0.29) is 5.91 Å². The number of alkyl halides is 1. The molecule has 1 amide bonds. The second-order valence-electron chi connectivity index (χ2n) is 4.07. The Hall–Kier alpha value is -1.02. The number of unbranched alkanes of at least 4 members (excludes halogenated alkanes) is 1. The molecule has 94 valence electrons. The summed E-state index contributed by atoms with van der Waals surface area (Å²) in [6.45, 7) is 5.73. The quantitative estimate of drug-likeness (QED) is 0.708. The van der Waals surface area contributed by atoms with Crippen LogP contribution in [0.15, 0.2) is 24.3 Å². The Morgan fingerprint density at radius 1 is 1.35 bits per heavy atom. The summed E-state index contributed by atoms with van der Waals surface area (Å²) < 4.78 is 0. The van der Waals surface area contributed by atoms with Gasteiger partial charge in [-0.1, -0.05) is 25.5 Å². The van der Waals surface area contributed by atoms with E-state index in [1.165, 1.54) is 0 Å². The lowest BCUT2D eigenvalue weighted by Gasteiger charge is -2.20. The Labute approximate surface area is 109 Å². The molecule has 0 unspecified atom stereocenters. The molecule has 0 fully saturated rings. The molecule has 0 heterocycles. The first-order chi connectivity index (χ1) is 8.22. The van der Waals surface area contributed by atoms with E-state index in [0.29, 0.717) is 5.88 Å². The van der Waals surface area contributed by atoms with Crippen LogP contribution in [0, 0.1) is 0 Å². The molecule has 0 aliphatic rings. The van der Waals surface area contributed by atoms with Crippen molar-refractivity contribution < 1.29 is 4.79 Å². The highest BCUT2D eigenvalue weighted by molar-refractivity contribution is 6.17. The maximum absolute atomic E-state index is 12.2. The molecule has 0 spiro atoms. The Bertz CT molecular complexity index is 365. The molecule has 1 rings (SSSR count). The first-order valence-corrected chi connectivity index (χ1v) is 6.70. The monoisotopic (exact) mass is 253 g/mol. The van der Waals surface area contributed by atoms with Gasteiger partial charge in [-0.05, 0) is 31.0 Å². The normalized spacial score (nSPS) is 10.3. The van der Waals surface area contributed by atoms with Gasteiger partial charge in [-0.25, -0.2) is 0 Å². The lowest BCUT2D eigenvalue weighted by Crippen LogP contribution is -2.31. The highest BCUT2D eigenvalue weighted by Gasteiger charge is 2.13. The van der Waals surface area contributed by atoms with Gasteiger partial charge in [-0.3, -0.25) is 4.79 Å². The minimum atomic E-state index is 0.105. The average molecular weight is 254 g/mol. The van der Waals surface area contributed by atoms with Crippen molar-refractivity contribution in [1.82, 2.24) is 4.90 Å². The van der Waals surface area contributed by atoms with Crippen molar-refractivity contribution in [3.8, 4) is 0 Å². The van der Waals surface area contributed by atoms with Crippen molar-refractivity contribution in [2.75, 3.05) is 13.1 Å². The van der Waals surface area contributed by atoms with Crippen LogP contribution in [0.3, 0.4) is 0 Å². The Morgan fingerprint density at radius 3 is 2.71 bits per heavy atom. The third kappa shape index (κ3) is 4.04. The molecule has 0 aliphatic carbocycles. The van der Waals surface area contributed by atoms with Crippen LogP contribution in [0.2, 0.25) is 0 Å². The molecule has 0 radical (unpaired) electrons. The van der Waals surface area contributed by atoms with Gasteiger partial charge < -0.3 is 4.90 Å². The largest absolute Gasteiger partial charge is 0.339 e. The molecule has 2 nitrogen and oxygen atoms in total.